The van der Waals surface area contributed by atoms with Crippen LogP contribution in [-0.4, -0.2) is 11.8 Å². The molecular formula is C12H11ClF3NO. The van der Waals surface area contributed by atoms with E-state index >= 15 is 0 Å². The van der Waals surface area contributed by atoms with E-state index in [0.29, 0.717) is 5.56 Å². The number of anilines is 1. The molecule has 6 heteroatoms. The molecule has 0 radical (unpaired) electrons. The highest BCUT2D eigenvalue weighted by Gasteiger charge is 2.34. The average molecular weight is 278 g/mol. The highest BCUT2D eigenvalue weighted by atomic mass is 35.5. The number of alkyl halides is 4. The van der Waals surface area contributed by atoms with Gasteiger partial charge in [0.2, 0.25) is 5.91 Å². The number of hydrogen-bond acceptors (Lipinski definition) is 1. The molecule has 1 amide bonds. The van der Waals surface area contributed by atoms with E-state index in [-0.39, 0.29) is 12.1 Å². The molecule has 0 saturated heterocycles. The number of nitrogens with one attached hydrogen (secondary N) is 1. The Balaban J connectivity index is 3.29. The maximum absolute atomic E-state index is 12.8. The number of halogens is 4. The van der Waals surface area contributed by atoms with Crippen molar-refractivity contribution in [3.63, 3.8) is 0 Å². The Hall–Kier alpha value is -1.49. The molecule has 18 heavy (non-hydrogen) atoms. The van der Waals surface area contributed by atoms with Crippen LogP contribution in [0.5, 0.6) is 0 Å². The molecule has 0 spiro atoms. The smallest absolute Gasteiger partial charge is 0.324 e. The van der Waals surface area contributed by atoms with Gasteiger partial charge in [-0.15, -0.1) is 18.2 Å². The van der Waals surface area contributed by atoms with Crippen molar-refractivity contribution in [2.24, 2.45) is 0 Å². The summed E-state index contributed by atoms with van der Waals surface area (Å²) in [6.45, 7) is 3.47. The first-order valence-electron chi connectivity index (χ1n) is 5.06. The fourth-order valence-electron chi connectivity index (χ4n) is 1.48. The molecule has 0 bridgehead atoms. The molecule has 1 aromatic carbocycles. The second-order valence-corrected chi connectivity index (χ2v) is 3.78. The fraction of sp³-hybridized carbons (Fsp3) is 0.250. The summed E-state index contributed by atoms with van der Waals surface area (Å²) in [5, 5.41) is 2.18. The number of hydrogen-bond donors (Lipinski definition) is 1. The van der Waals surface area contributed by atoms with E-state index < -0.39 is 23.5 Å². The van der Waals surface area contributed by atoms with Gasteiger partial charge in [-0.25, -0.2) is 0 Å². The van der Waals surface area contributed by atoms with Crippen LogP contribution in [0.2, 0.25) is 0 Å². The molecular weight excluding hydrogens is 267 g/mol. The summed E-state index contributed by atoms with van der Waals surface area (Å²) in [7, 11) is 0. The van der Waals surface area contributed by atoms with Crippen LogP contribution in [-0.2, 0) is 17.4 Å². The third-order valence-electron chi connectivity index (χ3n) is 2.21. The lowest BCUT2D eigenvalue weighted by molar-refractivity contribution is -0.137. The van der Waals surface area contributed by atoms with Crippen LogP contribution in [0.25, 0.3) is 0 Å². The number of rotatable bonds is 4. The molecule has 0 aromatic heterocycles. The molecule has 0 aliphatic carbocycles. The van der Waals surface area contributed by atoms with Gasteiger partial charge in [-0.2, -0.15) is 13.2 Å². The molecule has 1 N–H and O–H groups in total. The predicted molar refractivity (Wildman–Crippen MR) is 64.7 cm³/mol. The molecule has 0 aliphatic rings. The van der Waals surface area contributed by atoms with Crippen LogP contribution in [0.3, 0.4) is 0 Å². The Morgan fingerprint density at radius 1 is 1.44 bits per heavy atom. The molecule has 2 nitrogen and oxygen atoms in total. The van der Waals surface area contributed by atoms with Crippen LogP contribution in [0.15, 0.2) is 30.9 Å². The van der Waals surface area contributed by atoms with Crippen molar-refractivity contribution in [1.29, 1.82) is 0 Å². The van der Waals surface area contributed by atoms with Gasteiger partial charge in [0.15, 0.2) is 0 Å². The van der Waals surface area contributed by atoms with Crippen molar-refractivity contribution in [2.75, 3.05) is 11.2 Å². The lowest BCUT2D eigenvalue weighted by Gasteiger charge is -2.16. The number of carbonyl (C=O) groups is 1. The zero-order chi connectivity index (χ0) is 13.8. The van der Waals surface area contributed by atoms with E-state index in [1.165, 1.54) is 18.2 Å². The lowest BCUT2D eigenvalue weighted by Crippen LogP contribution is -2.18. The molecule has 0 fully saturated rings. The van der Waals surface area contributed by atoms with Gasteiger partial charge in [-0.1, -0.05) is 18.2 Å². The van der Waals surface area contributed by atoms with Gasteiger partial charge in [0.1, 0.15) is 5.88 Å². The van der Waals surface area contributed by atoms with Crippen LogP contribution in [0, 0.1) is 0 Å². The van der Waals surface area contributed by atoms with Crippen molar-refractivity contribution < 1.29 is 18.0 Å². The molecule has 0 saturated carbocycles. The number of para-hydroxylation sites is 1. The largest absolute Gasteiger partial charge is 0.418 e. The molecule has 98 valence electrons. The van der Waals surface area contributed by atoms with Crippen molar-refractivity contribution in [2.45, 2.75) is 12.6 Å². The SMILES string of the molecule is C=CCc1cccc(C(F)(F)F)c1NC(=O)CCl. The molecule has 0 heterocycles. The zero-order valence-corrected chi connectivity index (χ0v) is 10.1. The number of benzene rings is 1. The minimum absolute atomic E-state index is 0.224. The van der Waals surface area contributed by atoms with Gasteiger partial charge in [0.25, 0.3) is 0 Å². The third-order valence-corrected chi connectivity index (χ3v) is 2.45. The van der Waals surface area contributed by atoms with Crippen molar-refractivity contribution in [3.8, 4) is 0 Å². The predicted octanol–water partition coefficient (Wildman–Crippen LogP) is 3.61. The number of amides is 1. The summed E-state index contributed by atoms with van der Waals surface area (Å²) in [5.74, 6) is -1.08. The van der Waals surface area contributed by atoms with Crippen LogP contribution in [0.4, 0.5) is 18.9 Å². The summed E-state index contributed by atoms with van der Waals surface area (Å²) in [4.78, 5) is 11.2. The fourth-order valence-corrected chi connectivity index (χ4v) is 1.55. The number of allylic oxidation sites excluding steroid dienone is 1. The summed E-state index contributed by atoms with van der Waals surface area (Å²) >= 11 is 5.28. The van der Waals surface area contributed by atoms with E-state index in [9.17, 15) is 18.0 Å². The summed E-state index contributed by atoms with van der Waals surface area (Å²) in [5.41, 5.74) is -0.797. The Labute approximate surface area is 107 Å². The standard InChI is InChI=1S/C12H11ClF3NO/c1-2-4-8-5-3-6-9(12(14,15)16)11(8)17-10(18)7-13/h2-3,5-6H,1,4,7H2,(H,17,18). The quantitative estimate of drug-likeness (QED) is 0.661. The topological polar surface area (TPSA) is 29.1 Å². The Morgan fingerprint density at radius 3 is 2.61 bits per heavy atom. The second-order valence-electron chi connectivity index (χ2n) is 3.51. The molecule has 1 aromatic rings. The maximum Gasteiger partial charge on any atom is 0.418 e. The first-order chi connectivity index (χ1) is 8.40. The van der Waals surface area contributed by atoms with Gasteiger partial charge in [-0.3, -0.25) is 4.79 Å². The summed E-state index contributed by atoms with van der Waals surface area (Å²) < 4.78 is 38.4. The maximum atomic E-state index is 12.8. The monoisotopic (exact) mass is 277 g/mol. The Kier molecular flexibility index (Phi) is 4.78. The summed E-state index contributed by atoms with van der Waals surface area (Å²) in [6, 6.07) is 3.70. The van der Waals surface area contributed by atoms with Crippen LogP contribution in [0.1, 0.15) is 11.1 Å². The van der Waals surface area contributed by atoms with E-state index in [1.807, 2.05) is 0 Å². The van der Waals surface area contributed by atoms with Crippen molar-refractivity contribution >= 4 is 23.2 Å². The Bertz CT molecular complexity index is 457. The molecule has 0 aliphatic heterocycles. The van der Waals surface area contributed by atoms with Gasteiger partial charge >= 0.3 is 6.18 Å². The van der Waals surface area contributed by atoms with Gasteiger partial charge in [0, 0.05) is 0 Å². The van der Waals surface area contributed by atoms with Gasteiger partial charge in [-0.05, 0) is 18.1 Å². The first-order valence-corrected chi connectivity index (χ1v) is 5.59. The minimum atomic E-state index is -4.54. The Morgan fingerprint density at radius 2 is 2.11 bits per heavy atom. The van der Waals surface area contributed by atoms with E-state index in [0.717, 1.165) is 6.07 Å². The second kappa shape index (κ2) is 5.91. The normalized spacial score (nSPS) is 11.1. The number of carbonyl (C=O) groups excluding carboxylic acids is 1. The summed E-state index contributed by atoms with van der Waals surface area (Å²) in [6.07, 6.45) is -2.85. The molecule has 1 rings (SSSR count). The highest BCUT2D eigenvalue weighted by molar-refractivity contribution is 6.29. The highest BCUT2D eigenvalue weighted by Crippen LogP contribution is 2.36. The zero-order valence-electron chi connectivity index (χ0n) is 9.35. The van der Waals surface area contributed by atoms with Crippen molar-refractivity contribution in [1.82, 2.24) is 0 Å². The van der Waals surface area contributed by atoms with Crippen LogP contribution < -0.4 is 5.32 Å². The van der Waals surface area contributed by atoms with E-state index in [2.05, 4.69) is 11.9 Å². The van der Waals surface area contributed by atoms with E-state index in [1.54, 1.807) is 0 Å². The van der Waals surface area contributed by atoms with Crippen LogP contribution >= 0.6 is 11.6 Å². The third kappa shape index (κ3) is 3.50. The minimum Gasteiger partial charge on any atom is -0.324 e. The average Bonchev–Trinajstić information content (AvgIpc) is 2.30. The molecule has 0 atom stereocenters. The first kappa shape index (κ1) is 14.6. The lowest BCUT2D eigenvalue weighted by atomic mass is 10.0. The van der Waals surface area contributed by atoms with Crippen molar-refractivity contribution in [3.05, 3.63) is 42.0 Å². The molecule has 0 unspecified atom stereocenters. The van der Waals surface area contributed by atoms with Gasteiger partial charge in [0.05, 0.1) is 11.3 Å². The van der Waals surface area contributed by atoms with Gasteiger partial charge < -0.3 is 5.32 Å². The van der Waals surface area contributed by atoms with E-state index in [4.69, 9.17) is 11.6 Å².